The molecule has 31 heteroatoms. The van der Waals surface area contributed by atoms with E-state index in [4.69, 9.17) is 14.2 Å². The highest BCUT2D eigenvalue weighted by atomic mass is 16.6. The number of carboxylic acid groups (broad SMARTS) is 1. The van der Waals surface area contributed by atoms with E-state index < -0.39 is 191 Å². The Bertz CT molecular complexity index is 3290. The third-order valence-corrected chi connectivity index (χ3v) is 18.3. The highest BCUT2D eigenvalue weighted by molar-refractivity contribution is 6.00. The Labute approximate surface area is 598 Å². The molecule has 0 aliphatic carbocycles. The number of aliphatic carboxylic acids is 1. The number of likely N-dealkylation sites (N-methyl/N-ethyl adjacent to an activating group) is 5. The summed E-state index contributed by atoms with van der Waals surface area (Å²) in [4.78, 5) is 201. The van der Waals surface area contributed by atoms with E-state index in [1.54, 1.807) is 114 Å². The first-order valence-corrected chi connectivity index (χ1v) is 34.6. The number of nitro groups is 1. The first-order valence-electron chi connectivity index (χ1n) is 34.6. The third-order valence-electron chi connectivity index (χ3n) is 18.3. The lowest BCUT2D eigenvalue weighted by atomic mass is 9.92. The van der Waals surface area contributed by atoms with Crippen LogP contribution in [0.4, 0.5) is 10.5 Å². The lowest BCUT2D eigenvalue weighted by Gasteiger charge is -2.41. The van der Waals surface area contributed by atoms with Crippen LogP contribution in [0.25, 0.3) is 0 Å². The quantitative estimate of drug-likeness (QED) is 0.0318. The number of hydrogen-bond donors (Lipinski definition) is 6. The maximum Gasteiger partial charge on any atom is 0.413 e. The molecule has 0 aromatic heterocycles. The minimum atomic E-state index is -1.67. The summed E-state index contributed by atoms with van der Waals surface area (Å²) >= 11 is 0. The maximum atomic E-state index is 15.4. The van der Waals surface area contributed by atoms with Crippen LogP contribution in [0, 0.1) is 39.7 Å². The van der Waals surface area contributed by atoms with Crippen molar-refractivity contribution in [2.24, 2.45) is 29.6 Å². The number of amides is 11. The molecule has 3 rings (SSSR count). The fraction of sp³-hybridized carbons (Fsp3) is 0.648. The Balaban J connectivity index is 1.90. The van der Waals surface area contributed by atoms with Gasteiger partial charge in [-0.1, -0.05) is 94.2 Å². The van der Waals surface area contributed by atoms with Gasteiger partial charge in [-0.25, -0.2) is 9.59 Å². The summed E-state index contributed by atoms with van der Waals surface area (Å²) in [6.45, 7) is 24.1. The van der Waals surface area contributed by atoms with Crippen molar-refractivity contribution in [3.8, 4) is 11.5 Å². The molecule has 0 spiro atoms. The van der Waals surface area contributed by atoms with E-state index >= 15 is 14.4 Å². The van der Waals surface area contributed by atoms with E-state index in [9.17, 15) is 63.2 Å². The lowest BCUT2D eigenvalue weighted by Crippen LogP contribution is -2.63. The number of nitrogens with zero attached hydrogens (tertiary/aromatic N) is 7. The van der Waals surface area contributed by atoms with E-state index in [0.717, 1.165) is 26.8 Å². The molecule has 102 heavy (non-hydrogen) atoms. The zero-order valence-electron chi connectivity index (χ0n) is 63.1. The van der Waals surface area contributed by atoms with Gasteiger partial charge in [0.25, 0.3) is 5.69 Å². The standard InChI is InChI=1S/C71H110N12O19/c1-22-42(9)58(61(87)72-38-53(84)78(17)56(40(5)6)62(88)75-50(69(95)96)36-46-27-31-48(100-21)32-28-46)80(19)68(94)59(43(10)23-2)81(20)66(92)52(37-54(85)102-71(13,14)15)77(16)67(93)55(39(3)4)76-63(89)57(41(7)8)79(18)65(91)51-26-24-25-35-82(51)64(90)45(12)73-60(86)44(11)74-70(97)101-49-33-29-47(30-34-49)83(98)99/h27-34,39-45,50-52,55-59H,22-26,35-38H2,1-21H3,(H,72,87)(H,73,86)(H,74,97)(H,75,88)(H,76,89)(H,95,96)/t42-,43-,44?,45-,50-,51-,52-,55-,56-,57-,58-,59-/m0/s1. The molecule has 568 valence electrons. The first-order chi connectivity index (χ1) is 47.5. The Hall–Kier alpha value is -9.45. The number of nitro benzene ring substituents is 1. The number of benzene rings is 2. The van der Waals surface area contributed by atoms with E-state index in [0.29, 0.717) is 37.0 Å². The molecule has 1 unspecified atom stereocenters. The van der Waals surface area contributed by atoms with Gasteiger partial charge in [0.05, 0.1) is 25.0 Å². The minimum absolute atomic E-state index is 0.0346. The molecule has 0 radical (unpaired) electrons. The predicted octanol–water partition coefficient (Wildman–Crippen LogP) is 4.31. The van der Waals surface area contributed by atoms with Crippen LogP contribution in [0.1, 0.15) is 148 Å². The second-order valence-corrected chi connectivity index (χ2v) is 28.3. The SMILES string of the molecule is CC[C@H](C)[C@@H](C(=O)NCC(=O)N(C)[C@H](C(=O)N[C@@H](Cc1ccc(OC)cc1)C(=O)O)C(C)C)N(C)C(=O)[C@H]([C@@H](C)CC)N(C)C(=O)[C@H](CC(=O)OC(C)(C)C)N(C)C(=O)[C@@H](NC(=O)[C@H](C(C)C)N(C)C(=O)[C@@H]1CCCCN1C(=O)[C@H](C)NC(=O)C(C)NC(=O)Oc1ccc([N+](=O)[O-])cc1)C(C)C. The van der Waals surface area contributed by atoms with Gasteiger partial charge in [0.1, 0.15) is 77.5 Å². The molecule has 2 aromatic carbocycles. The fourth-order valence-electron chi connectivity index (χ4n) is 12.2. The molecule has 1 fully saturated rings. The van der Waals surface area contributed by atoms with Gasteiger partial charge < -0.3 is 75.3 Å². The molecule has 31 nitrogen and oxygen atoms in total. The smallest absolute Gasteiger partial charge is 0.413 e. The highest BCUT2D eigenvalue weighted by Gasteiger charge is 2.46. The maximum absolute atomic E-state index is 15.4. The van der Waals surface area contributed by atoms with Crippen molar-refractivity contribution in [3.63, 3.8) is 0 Å². The van der Waals surface area contributed by atoms with Gasteiger partial charge in [-0.15, -0.1) is 0 Å². The summed E-state index contributed by atoms with van der Waals surface area (Å²) in [6, 6.07) is -1.68. The monoisotopic (exact) mass is 1430 g/mol. The van der Waals surface area contributed by atoms with Gasteiger partial charge in [0.15, 0.2) is 0 Å². The molecule has 1 aliphatic rings. The average Bonchev–Trinajstić information content (AvgIpc) is 0.801. The Morgan fingerprint density at radius 3 is 1.65 bits per heavy atom. The van der Waals surface area contributed by atoms with E-state index in [2.05, 4.69) is 26.6 Å². The summed E-state index contributed by atoms with van der Waals surface area (Å²) in [5, 5.41) is 34.0. The normalized spacial score (nSPS) is 16.3. The average molecular weight is 1440 g/mol. The molecule has 2 aromatic rings. The number of likely N-dealkylation sites (tertiary alicyclic amines) is 1. The van der Waals surface area contributed by atoms with Crippen LogP contribution in [0.2, 0.25) is 0 Å². The van der Waals surface area contributed by atoms with E-state index in [1.807, 2.05) is 0 Å². The van der Waals surface area contributed by atoms with Crippen LogP contribution < -0.4 is 36.1 Å². The van der Waals surface area contributed by atoms with Crippen molar-refractivity contribution < 1.29 is 86.6 Å². The van der Waals surface area contributed by atoms with Crippen molar-refractivity contribution in [2.45, 2.75) is 215 Å². The van der Waals surface area contributed by atoms with Crippen LogP contribution in [-0.4, -0.2) is 238 Å². The second-order valence-electron chi connectivity index (χ2n) is 28.3. The molecule has 1 saturated heterocycles. The Morgan fingerprint density at radius 1 is 0.608 bits per heavy atom. The molecule has 0 saturated carbocycles. The van der Waals surface area contributed by atoms with Gasteiger partial charge in [0.2, 0.25) is 59.1 Å². The zero-order chi connectivity index (χ0) is 77.7. The number of hydrogen-bond acceptors (Lipinski definition) is 18. The van der Waals surface area contributed by atoms with Crippen molar-refractivity contribution >= 4 is 82.8 Å². The van der Waals surface area contributed by atoms with Crippen LogP contribution >= 0.6 is 0 Å². The number of carbonyl (C=O) groups excluding carboxylic acids is 12. The van der Waals surface area contributed by atoms with Crippen LogP contribution in [0.15, 0.2) is 48.5 Å². The number of esters is 1. The van der Waals surface area contributed by atoms with E-state index in [1.165, 1.54) is 83.0 Å². The topological polar surface area (TPSA) is 393 Å². The Morgan fingerprint density at radius 2 is 1.14 bits per heavy atom. The molecule has 11 amide bonds. The summed E-state index contributed by atoms with van der Waals surface area (Å²) in [7, 11) is 8.24. The molecule has 6 N–H and O–H groups in total. The van der Waals surface area contributed by atoms with Crippen LogP contribution in [0.5, 0.6) is 11.5 Å². The number of carbonyl (C=O) groups is 13. The van der Waals surface area contributed by atoms with Crippen molar-refractivity contribution in [2.75, 3.05) is 55.4 Å². The molecular formula is C71H110N12O19. The van der Waals surface area contributed by atoms with E-state index in [-0.39, 0.29) is 30.8 Å². The highest BCUT2D eigenvalue weighted by Crippen LogP contribution is 2.27. The number of nitrogens with one attached hydrogen (secondary N) is 5. The lowest BCUT2D eigenvalue weighted by molar-refractivity contribution is -0.384. The van der Waals surface area contributed by atoms with Gasteiger partial charge in [-0.2, -0.15) is 0 Å². The largest absolute Gasteiger partial charge is 0.497 e. The number of piperidine rings is 1. The van der Waals surface area contributed by atoms with Gasteiger partial charge >= 0.3 is 18.0 Å². The number of non-ortho nitro benzene ring substituents is 1. The van der Waals surface area contributed by atoms with Gasteiger partial charge in [-0.05, 0) is 113 Å². The Kier molecular flexibility index (Phi) is 33.3. The first kappa shape index (κ1) is 86.8. The van der Waals surface area contributed by atoms with Crippen LogP contribution in [0.3, 0.4) is 0 Å². The molecule has 0 bridgehead atoms. The van der Waals surface area contributed by atoms with Crippen molar-refractivity contribution in [1.82, 2.24) is 56.0 Å². The van der Waals surface area contributed by atoms with Crippen LogP contribution in [-0.2, 0) is 68.7 Å². The number of ether oxygens (including phenoxy) is 3. The number of methoxy groups -OCH3 is 1. The summed E-state index contributed by atoms with van der Waals surface area (Å²) in [5.74, 6) is -12.1. The van der Waals surface area contributed by atoms with Gasteiger partial charge in [0, 0.05) is 60.3 Å². The molecule has 1 aliphatic heterocycles. The number of carboxylic acids is 1. The number of rotatable bonds is 35. The zero-order valence-corrected chi connectivity index (χ0v) is 63.1. The molecule has 1 heterocycles. The van der Waals surface area contributed by atoms with Crippen molar-refractivity contribution in [3.05, 3.63) is 64.2 Å². The second kappa shape index (κ2) is 39.1. The minimum Gasteiger partial charge on any atom is -0.497 e. The fourth-order valence-corrected chi connectivity index (χ4v) is 12.2. The molecular weight excluding hydrogens is 1320 g/mol. The summed E-state index contributed by atoms with van der Waals surface area (Å²) < 4.78 is 16.0. The predicted molar refractivity (Wildman–Crippen MR) is 377 cm³/mol. The van der Waals surface area contributed by atoms with Crippen molar-refractivity contribution in [1.29, 1.82) is 0 Å². The van der Waals surface area contributed by atoms with Gasteiger partial charge in [-0.3, -0.25) is 62.9 Å². The summed E-state index contributed by atoms with van der Waals surface area (Å²) in [6.07, 6.45) is 0.0528. The summed E-state index contributed by atoms with van der Waals surface area (Å²) in [5.41, 5.74) is -0.690. The third kappa shape index (κ3) is 24.1. The molecule has 12 atom stereocenters.